The molecule has 0 unspecified atom stereocenters. The number of hydrogen-bond acceptors (Lipinski definition) is 1. The third-order valence-electron chi connectivity index (χ3n) is 2.08. The summed E-state index contributed by atoms with van der Waals surface area (Å²) in [6, 6.07) is 6.32. The molecule has 0 heterocycles. The first kappa shape index (κ1) is 11.1. The van der Waals surface area contributed by atoms with Gasteiger partial charge in [0, 0.05) is 5.56 Å². The van der Waals surface area contributed by atoms with Crippen molar-refractivity contribution >= 4 is 0 Å². The van der Waals surface area contributed by atoms with Crippen molar-refractivity contribution in [1.82, 2.24) is 0 Å². The zero-order valence-electron chi connectivity index (χ0n) is 9.79. The van der Waals surface area contributed by atoms with Crippen molar-refractivity contribution in [3.63, 3.8) is 0 Å². The van der Waals surface area contributed by atoms with Gasteiger partial charge in [-0.1, -0.05) is 11.6 Å². The molecule has 78 valence electrons. The predicted molar refractivity (Wildman–Crippen MR) is 59.5 cm³/mol. The molecule has 0 amide bonds. The van der Waals surface area contributed by atoms with Gasteiger partial charge in [-0.25, -0.2) is 0 Å². The van der Waals surface area contributed by atoms with Gasteiger partial charge in [0.1, 0.15) is 12.3 Å². The molecular formula is C12H20NO+. The average molecular weight is 194 g/mol. The Morgan fingerprint density at radius 3 is 2.36 bits per heavy atom. The molecular weight excluding hydrogens is 174 g/mol. The van der Waals surface area contributed by atoms with Crippen molar-refractivity contribution in [3.8, 4) is 5.75 Å². The summed E-state index contributed by atoms with van der Waals surface area (Å²) in [6.07, 6.45) is 0. The minimum Gasteiger partial charge on any atom is -0.496 e. The van der Waals surface area contributed by atoms with Crippen molar-refractivity contribution in [3.05, 3.63) is 29.3 Å². The lowest BCUT2D eigenvalue weighted by molar-refractivity contribution is -0.884. The second-order valence-electron chi connectivity index (χ2n) is 4.76. The Morgan fingerprint density at radius 2 is 1.86 bits per heavy atom. The van der Waals surface area contributed by atoms with Crippen molar-refractivity contribution in [2.24, 2.45) is 0 Å². The molecule has 1 aromatic carbocycles. The van der Waals surface area contributed by atoms with Crippen molar-refractivity contribution < 1.29 is 9.22 Å². The van der Waals surface area contributed by atoms with Gasteiger partial charge in [0.25, 0.3) is 0 Å². The molecule has 0 fully saturated rings. The summed E-state index contributed by atoms with van der Waals surface area (Å²) >= 11 is 0. The average Bonchev–Trinajstić information content (AvgIpc) is 2.01. The van der Waals surface area contributed by atoms with E-state index < -0.39 is 0 Å². The lowest BCUT2D eigenvalue weighted by Gasteiger charge is -2.25. The zero-order valence-corrected chi connectivity index (χ0v) is 9.79. The van der Waals surface area contributed by atoms with E-state index in [1.807, 2.05) is 6.07 Å². The monoisotopic (exact) mass is 194 g/mol. The highest BCUT2D eigenvalue weighted by Crippen LogP contribution is 2.21. The quantitative estimate of drug-likeness (QED) is 0.670. The van der Waals surface area contributed by atoms with Gasteiger partial charge in [0.2, 0.25) is 0 Å². The van der Waals surface area contributed by atoms with Crippen LogP contribution >= 0.6 is 0 Å². The molecule has 0 N–H and O–H groups in total. The third-order valence-corrected chi connectivity index (χ3v) is 2.08. The van der Waals surface area contributed by atoms with Crippen LogP contribution in [0.4, 0.5) is 0 Å². The summed E-state index contributed by atoms with van der Waals surface area (Å²) in [5, 5.41) is 0. The van der Waals surface area contributed by atoms with Crippen LogP contribution in [0, 0.1) is 6.92 Å². The minimum absolute atomic E-state index is 0.916. The van der Waals surface area contributed by atoms with Crippen LogP contribution in [0.2, 0.25) is 0 Å². The van der Waals surface area contributed by atoms with E-state index in [1.54, 1.807) is 7.11 Å². The standard InChI is InChI=1S/C12H20NO/c1-10-6-7-12(14-5)11(8-10)9-13(2,3)4/h6-8H,9H2,1-5H3/q+1. The number of nitrogens with zero attached hydrogens (tertiary/aromatic N) is 1. The number of ether oxygens (including phenoxy) is 1. The van der Waals surface area contributed by atoms with Crippen LogP contribution in [0.15, 0.2) is 18.2 Å². The van der Waals surface area contributed by atoms with Crippen LogP contribution in [0.25, 0.3) is 0 Å². The molecule has 0 atom stereocenters. The molecule has 0 radical (unpaired) electrons. The maximum Gasteiger partial charge on any atom is 0.127 e. The summed E-state index contributed by atoms with van der Waals surface area (Å²) in [5.41, 5.74) is 2.56. The number of hydrogen-bond donors (Lipinski definition) is 0. The van der Waals surface area contributed by atoms with E-state index in [0.29, 0.717) is 0 Å². The Labute approximate surface area is 86.7 Å². The van der Waals surface area contributed by atoms with Crippen molar-refractivity contribution in [2.45, 2.75) is 13.5 Å². The van der Waals surface area contributed by atoms with Crippen LogP contribution < -0.4 is 4.74 Å². The second kappa shape index (κ2) is 4.01. The first-order valence-electron chi connectivity index (χ1n) is 4.86. The smallest absolute Gasteiger partial charge is 0.127 e. The Kier molecular flexibility index (Phi) is 3.17. The molecule has 0 aromatic heterocycles. The van der Waals surface area contributed by atoms with Gasteiger partial charge in [0.15, 0.2) is 0 Å². The molecule has 1 aromatic rings. The molecule has 0 bridgehead atoms. The highest BCUT2D eigenvalue weighted by atomic mass is 16.5. The summed E-state index contributed by atoms with van der Waals surface area (Å²) in [6.45, 7) is 3.10. The normalized spacial score (nSPS) is 11.5. The number of rotatable bonds is 3. The Morgan fingerprint density at radius 1 is 1.21 bits per heavy atom. The van der Waals surface area contributed by atoms with Gasteiger partial charge in [-0.15, -0.1) is 0 Å². The summed E-state index contributed by atoms with van der Waals surface area (Å²) in [4.78, 5) is 0. The SMILES string of the molecule is COc1ccc(C)cc1C[N+](C)(C)C. The number of benzene rings is 1. The first-order chi connectivity index (χ1) is 6.42. The van der Waals surface area contributed by atoms with E-state index in [-0.39, 0.29) is 0 Å². The van der Waals surface area contributed by atoms with Crippen LogP contribution in [-0.4, -0.2) is 32.7 Å². The van der Waals surface area contributed by atoms with Gasteiger partial charge in [0.05, 0.1) is 28.3 Å². The first-order valence-corrected chi connectivity index (χ1v) is 4.86. The maximum atomic E-state index is 5.34. The summed E-state index contributed by atoms with van der Waals surface area (Å²) < 4.78 is 6.25. The van der Waals surface area contributed by atoms with E-state index in [4.69, 9.17) is 4.74 Å². The van der Waals surface area contributed by atoms with Crippen molar-refractivity contribution in [2.75, 3.05) is 28.3 Å². The van der Waals surface area contributed by atoms with E-state index in [9.17, 15) is 0 Å². The van der Waals surface area contributed by atoms with Crippen LogP contribution in [0.3, 0.4) is 0 Å². The third kappa shape index (κ3) is 3.04. The van der Waals surface area contributed by atoms with Gasteiger partial charge < -0.3 is 9.22 Å². The Balaban J connectivity index is 2.99. The largest absolute Gasteiger partial charge is 0.496 e. The molecule has 14 heavy (non-hydrogen) atoms. The number of methoxy groups -OCH3 is 1. The molecule has 1 rings (SSSR count). The van der Waals surface area contributed by atoms with E-state index in [1.165, 1.54) is 11.1 Å². The fourth-order valence-corrected chi connectivity index (χ4v) is 1.54. The molecule has 2 nitrogen and oxygen atoms in total. The number of quaternary nitrogens is 1. The predicted octanol–water partition coefficient (Wildman–Crippen LogP) is 2.21. The maximum absolute atomic E-state index is 5.34. The van der Waals surface area contributed by atoms with Gasteiger partial charge in [-0.3, -0.25) is 0 Å². The Bertz CT molecular complexity index is 313. The van der Waals surface area contributed by atoms with Gasteiger partial charge in [-0.2, -0.15) is 0 Å². The Hall–Kier alpha value is -1.02. The van der Waals surface area contributed by atoms with Gasteiger partial charge in [-0.05, 0) is 19.1 Å². The molecule has 2 heteroatoms. The summed E-state index contributed by atoms with van der Waals surface area (Å²) in [5.74, 6) is 0.989. The highest BCUT2D eigenvalue weighted by molar-refractivity contribution is 5.36. The topological polar surface area (TPSA) is 9.23 Å². The van der Waals surface area contributed by atoms with Crippen molar-refractivity contribution in [1.29, 1.82) is 0 Å². The van der Waals surface area contributed by atoms with Crippen LogP contribution in [0.5, 0.6) is 5.75 Å². The zero-order chi connectivity index (χ0) is 10.8. The van der Waals surface area contributed by atoms with E-state index in [2.05, 4.69) is 40.2 Å². The van der Waals surface area contributed by atoms with Crippen LogP contribution in [0.1, 0.15) is 11.1 Å². The minimum atomic E-state index is 0.916. The molecule has 0 saturated carbocycles. The van der Waals surface area contributed by atoms with Crippen LogP contribution in [-0.2, 0) is 6.54 Å². The lowest BCUT2D eigenvalue weighted by Crippen LogP contribution is -2.33. The molecule has 0 saturated heterocycles. The summed E-state index contributed by atoms with van der Waals surface area (Å²) in [7, 11) is 8.27. The molecule has 0 aliphatic heterocycles. The molecule has 0 aliphatic rings. The molecule has 0 spiro atoms. The lowest BCUT2D eigenvalue weighted by atomic mass is 10.1. The fraction of sp³-hybridized carbons (Fsp3) is 0.500. The van der Waals surface area contributed by atoms with E-state index in [0.717, 1.165) is 16.8 Å². The fourth-order valence-electron chi connectivity index (χ4n) is 1.54. The number of aryl methyl sites for hydroxylation is 1. The second-order valence-corrected chi connectivity index (χ2v) is 4.76. The molecule has 0 aliphatic carbocycles. The highest BCUT2D eigenvalue weighted by Gasteiger charge is 2.12. The van der Waals surface area contributed by atoms with Gasteiger partial charge >= 0.3 is 0 Å². The van der Waals surface area contributed by atoms with E-state index >= 15 is 0 Å².